The first-order valence-corrected chi connectivity index (χ1v) is 11.7. The fraction of sp³-hybridized carbons (Fsp3) is 0.240. The van der Waals surface area contributed by atoms with E-state index >= 15 is 0 Å². The summed E-state index contributed by atoms with van der Waals surface area (Å²) in [6.45, 7) is 5.43. The number of hydrogen-bond acceptors (Lipinski definition) is 4. The number of nitrogens with one attached hydrogen (secondary N) is 1. The van der Waals surface area contributed by atoms with E-state index in [2.05, 4.69) is 5.32 Å². The minimum absolute atomic E-state index is 0.0779. The van der Waals surface area contributed by atoms with Crippen LogP contribution in [0.15, 0.2) is 71.6 Å². The molecule has 0 heterocycles. The molecule has 3 aromatic carbocycles. The molecular formula is C25H28N2O4S. The largest absolute Gasteiger partial charge is 0.496 e. The molecule has 0 radical (unpaired) electrons. The molecule has 0 fully saturated rings. The van der Waals surface area contributed by atoms with Crippen LogP contribution < -0.4 is 10.1 Å². The number of carbonyl (C=O) groups excluding carboxylic acids is 1. The summed E-state index contributed by atoms with van der Waals surface area (Å²) in [4.78, 5) is 13.0. The summed E-state index contributed by atoms with van der Waals surface area (Å²) >= 11 is 0. The molecule has 0 aliphatic heterocycles. The van der Waals surface area contributed by atoms with Crippen LogP contribution in [0.2, 0.25) is 0 Å². The summed E-state index contributed by atoms with van der Waals surface area (Å²) in [5, 5.41) is 2.84. The third kappa shape index (κ3) is 5.55. The van der Waals surface area contributed by atoms with Crippen molar-refractivity contribution in [3.05, 3.63) is 89.0 Å². The van der Waals surface area contributed by atoms with Crippen molar-refractivity contribution in [2.45, 2.75) is 32.2 Å². The van der Waals surface area contributed by atoms with Gasteiger partial charge >= 0.3 is 0 Å². The lowest BCUT2D eigenvalue weighted by atomic mass is 10.1. The molecule has 0 spiro atoms. The number of ether oxygens (including phenoxy) is 1. The van der Waals surface area contributed by atoms with Gasteiger partial charge in [0.1, 0.15) is 5.75 Å². The molecule has 1 N–H and O–H groups in total. The van der Waals surface area contributed by atoms with Gasteiger partial charge in [-0.3, -0.25) is 4.79 Å². The number of methoxy groups -OCH3 is 1. The number of hydrogen-bond donors (Lipinski definition) is 1. The molecule has 7 heteroatoms. The second-order valence-corrected chi connectivity index (χ2v) is 9.69. The van der Waals surface area contributed by atoms with E-state index in [0.717, 1.165) is 16.7 Å². The standard InChI is InChI=1S/C25H28N2O4S/c1-18-10-12-23(19(2)14-18)26-25(28)17-27(16-21-8-6-5-7-9-21)32(29,30)22-11-13-24(31-4)20(3)15-22/h5-15H,16-17H2,1-4H3,(H,26,28). The molecule has 0 bridgehead atoms. The molecule has 0 atom stereocenters. The molecule has 0 unspecified atom stereocenters. The van der Waals surface area contributed by atoms with Crippen molar-refractivity contribution in [2.75, 3.05) is 19.0 Å². The molecule has 32 heavy (non-hydrogen) atoms. The Morgan fingerprint density at radius 1 is 0.938 bits per heavy atom. The topological polar surface area (TPSA) is 75.7 Å². The quantitative estimate of drug-likeness (QED) is 0.548. The van der Waals surface area contributed by atoms with E-state index in [0.29, 0.717) is 17.0 Å². The molecule has 3 aromatic rings. The predicted octanol–water partition coefficient (Wildman–Crippen LogP) is 4.45. The average molecular weight is 453 g/mol. The highest BCUT2D eigenvalue weighted by molar-refractivity contribution is 7.89. The van der Waals surface area contributed by atoms with Crippen molar-refractivity contribution in [1.82, 2.24) is 4.31 Å². The molecule has 0 aliphatic rings. The number of sulfonamides is 1. The molecule has 168 valence electrons. The van der Waals surface area contributed by atoms with E-state index in [4.69, 9.17) is 4.74 Å². The van der Waals surface area contributed by atoms with Crippen LogP contribution in [0, 0.1) is 20.8 Å². The Hall–Kier alpha value is -3.16. The molecule has 0 aromatic heterocycles. The maximum absolute atomic E-state index is 13.5. The number of nitrogens with zero attached hydrogens (tertiary/aromatic N) is 1. The highest BCUT2D eigenvalue weighted by atomic mass is 32.2. The van der Waals surface area contributed by atoms with Gasteiger partial charge in [-0.1, -0.05) is 48.0 Å². The lowest BCUT2D eigenvalue weighted by molar-refractivity contribution is -0.116. The third-order valence-corrected chi connectivity index (χ3v) is 6.97. The minimum Gasteiger partial charge on any atom is -0.496 e. The summed E-state index contributed by atoms with van der Waals surface area (Å²) in [6, 6.07) is 19.6. The van der Waals surface area contributed by atoms with E-state index in [-0.39, 0.29) is 18.0 Å². The number of rotatable bonds is 8. The molecule has 0 saturated heterocycles. The summed E-state index contributed by atoms with van der Waals surface area (Å²) < 4.78 is 33.4. The Labute approximate surface area is 189 Å². The highest BCUT2D eigenvalue weighted by Crippen LogP contribution is 2.25. The Morgan fingerprint density at radius 2 is 1.66 bits per heavy atom. The molecule has 0 saturated carbocycles. The highest BCUT2D eigenvalue weighted by Gasteiger charge is 2.27. The monoisotopic (exact) mass is 452 g/mol. The van der Waals surface area contributed by atoms with E-state index in [1.165, 1.54) is 17.5 Å². The summed E-state index contributed by atoms with van der Waals surface area (Å²) in [7, 11) is -2.40. The number of benzene rings is 3. The first-order chi connectivity index (χ1) is 15.2. The van der Waals surface area contributed by atoms with E-state index in [1.807, 2.05) is 62.4 Å². The van der Waals surface area contributed by atoms with Crippen LogP contribution in [0.4, 0.5) is 5.69 Å². The maximum atomic E-state index is 13.5. The van der Waals surface area contributed by atoms with Crippen molar-refractivity contribution >= 4 is 21.6 Å². The minimum atomic E-state index is -3.93. The van der Waals surface area contributed by atoms with Gasteiger partial charge < -0.3 is 10.1 Å². The average Bonchev–Trinajstić information content (AvgIpc) is 2.76. The SMILES string of the molecule is COc1ccc(S(=O)(=O)N(CC(=O)Nc2ccc(C)cc2C)Cc2ccccc2)cc1C. The fourth-order valence-corrected chi connectivity index (χ4v) is 4.95. The predicted molar refractivity (Wildman–Crippen MR) is 126 cm³/mol. The zero-order valence-corrected chi connectivity index (χ0v) is 19.6. The molecule has 0 aliphatic carbocycles. The zero-order valence-electron chi connectivity index (χ0n) is 18.8. The van der Waals surface area contributed by atoms with E-state index < -0.39 is 15.9 Å². The van der Waals surface area contributed by atoms with Gasteiger partial charge in [0.25, 0.3) is 0 Å². The lowest BCUT2D eigenvalue weighted by Crippen LogP contribution is -2.37. The van der Waals surface area contributed by atoms with Gasteiger partial charge in [0.2, 0.25) is 15.9 Å². The lowest BCUT2D eigenvalue weighted by Gasteiger charge is -2.23. The molecule has 3 rings (SSSR count). The van der Waals surface area contributed by atoms with Gasteiger partial charge in [-0.25, -0.2) is 8.42 Å². The van der Waals surface area contributed by atoms with Gasteiger partial charge in [0.15, 0.2) is 0 Å². The smallest absolute Gasteiger partial charge is 0.243 e. The van der Waals surface area contributed by atoms with Crippen LogP contribution in [-0.4, -0.2) is 32.3 Å². The van der Waals surface area contributed by atoms with Gasteiger partial charge in [-0.2, -0.15) is 4.31 Å². The Bertz CT molecular complexity index is 1210. The van der Waals surface area contributed by atoms with Crippen LogP contribution in [0.5, 0.6) is 5.75 Å². The Morgan fingerprint density at radius 3 is 2.28 bits per heavy atom. The Kier molecular flexibility index (Phi) is 7.33. The summed E-state index contributed by atoms with van der Waals surface area (Å²) in [6.07, 6.45) is 0. The fourth-order valence-electron chi connectivity index (χ4n) is 3.48. The van der Waals surface area contributed by atoms with Gasteiger partial charge in [0, 0.05) is 12.2 Å². The van der Waals surface area contributed by atoms with E-state index in [1.54, 1.807) is 19.1 Å². The second-order valence-electron chi connectivity index (χ2n) is 7.76. The van der Waals surface area contributed by atoms with Crippen molar-refractivity contribution < 1.29 is 17.9 Å². The normalized spacial score (nSPS) is 11.4. The molecule has 1 amide bonds. The van der Waals surface area contributed by atoms with Gasteiger partial charge in [-0.05, 0) is 61.7 Å². The van der Waals surface area contributed by atoms with Crippen molar-refractivity contribution in [2.24, 2.45) is 0 Å². The van der Waals surface area contributed by atoms with Gasteiger partial charge in [-0.15, -0.1) is 0 Å². The maximum Gasteiger partial charge on any atom is 0.243 e. The number of amides is 1. The first kappa shape index (κ1) is 23.5. The molecule has 6 nitrogen and oxygen atoms in total. The van der Waals surface area contributed by atoms with Crippen LogP contribution in [0.3, 0.4) is 0 Å². The summed E-state index contributed by atoms with van der Waals surface area (Å²) in [5.74, 6) is 0.202. The van der Waals surface area contributed by atoms with E-state index in [9.17, 15) is 13.2 Å². The Balaban J connectivity index is 1.90. The van der Waals surface area contributed by atoms with Crippen molar-refractivity contribution in [3.8, 4) is 5.75 Å². The van der Waals surface area contributed by atoms with Crippen LogP contribution >= 0.6 is 0 Å². The second kappa shape index (κ2) is 9.97. The van der Waals surface area contributed by atoms with Crippen LogP contribution in [-0.2, 0) is 21.4 Å². The number of carbonyl (C=O) groups is 1. The summed E-state index contributed by atoms with van der Waals surface area (Å²) in [5.41, 5.74) is 4.16. The zero-order chi connectivity index (χ0) is 23.3. The number of aryl methyl sites for hydroxylation is 3. The van der Waals surface area contributed by atoms with Crippen molar-refractivity contribution in [1.29, 1.82) is 0 Å². The van der Waals surface area contributed by atoms with Crippen LogP contribution in [0.25, 0.3) is 0 Å². The van der Waals surface area contributed by atoms with Gasteiger partial charge in [0.05, 0.1) is 18.6 Å². The number of anilines is 1. The first-order valence-electron chi connectivity index (χ1n) is 10.3. The molecular weight excluding hydrogens is 424 g/mol. The van der Waals surface area contributed by atoms with Crippen molar-refractivity contribution in [3.63, 3.8) is 0 Å². The van der Waals surface area contributed by atoms with Crippen LogP contribution in [0.1, 0.15) is 22.3 Å². The third-order valence-electron chi connectivity index (χ3n) is 5.18.